The summed E-state index contributed by atoms with van der Waals surface area (Å²) >= 11 is 0. The summed E-state index contributed by atoms with van der Waals surface area (Å²) in [4.78, 5) is 12.7. The number of rotatable bonds is 8. The molecule has 1 amide bonds. The minimum Gasteiger partial charge on any atom is -0.493 e. The molecule has 5 nitrogen and oxygen atoms in total. The Labute approximate surface area is 171 Å². The van der Waals surface area contributed by atoms with Gasteiger partial charge in [0.2, 0.25) is 0 Å². The van der Waals surface area contributed by atoms with E-state index in [1.165, 1.54) is 0 Å². The van der Waals surface area contributed by atoms with E-state index in [-0.39, 0.29) is 11.9 Å². The smallest absolute Gasteiger partial charge is 0.261 e. The predicted molar refractivity (Wildman–Crippen MR) is 115 cm³/mol. The molecule has 0 saturated carbocycles. The van der Waals surface area contributed by atoms with Crippen molar-refractivity contribution in [3.63, 3.8) is 0 Å². The predicted octanol–water partition coefficient (Wildman–Crippen LogP) is 4.89. The summed E-state index contributed by atoms with van der Waals surface area (Å²) in [6.07, 6.45) is 0.120. The lowest BCUT2D eigenvalue weighted by atomic mass is 10.0. The summed E-state index contributed by atoms with van der Waals surface area (Å²) in [6, 6.07) is 19.4. The van der Waals surface area contributed by atoms with Crippen LogP contribution in [0.3, 0.4) is 0 Å². The van der Waals surface area contributed by atoms with Gasteiger partial charge in [-0.3, -0.25) is 4.79 Å². The van der Waals surface area contributed by atoms with E-state index < -0.39 is 6.10 Å². The highest BCUT2D eigenvalue weighted by Gasteiger charge is 2.20. The third-order valence-corrected chi connectivity index (χ3v) is 4.94. The molecular formula is C24H27NO4. The Morgan fingerprint density at radius 3 is 2.34 bits per heavy atom. The van der Waals surface area contributed by atoms with Gasteiger partial charge in [-0.2, -0.15) is 0 Å². The van der Waals surface area contributed by atoms with E-state index in [0.717, 1.165) is 22.8 Å². The maximum Gasteiger partial charge on any atom is 0.261 e. The number of carbonyl (C=O) groups is 1. The maximum atomic E-state index is 12.7. The van der Waals surface area contributed by atoms with Crippen LogP contribution in [0.5, 0.6) is 17.2 Å². The van der Waals surface area contributed by atoms with E-state index >= 15 is 0 Å². The normalized spacial score (nSPS) is 12.8. The molecule has 5 heteroatoms. The molecule has 29 heavy (non-hydrogen) atoms. The Hall–Kier alpha value is -3.21. The number of amides is 1. The van der Waals surface area contributed by atoms with Gasteiger partial charge in [0, 0.05) is 0 Å². The Balaban J connectivity index is 1.69. The van der Waals surface area contributed by atoms with Gasteiger partial charge >= 0.3 is 0 Å². The van der Waals surface area contributed by atoms with Crippen LogP contribution in [-0.4, -0.2) is 26.2 Å². The summed E-state index contributed by atoms with van der Waals surface area (Å²) in [5.74, 6) is 1.80. The molecule has 0 saturated heterocycles. The molecule has 152 valence electrons. The number of nitrogens with one attached hydrogen (secondary N) is 1. The Morgan fingerprint density at radius 2 is 1.66 bits per heavy atom. The third-order valence-electron chi connectivity index (χ3n) is 4.94. The average Bonchev–Trinajstić information content (AvgIpc) is 2.76. The number of benzene rings is 3. The van der Waals surface area contributed by atoms with Gasteiger partial charge in [-0.15, -0.1) is 0 Å². The fourth-order valence-electron chi connectivity index (χ4n) is 3.28. The first kappa shape index (κ1) is 20.5. The molecule has 0 unspecified atom stereocenters. The molecule has 0 fully saturated rings. The van der Waals surface area contributed by atoms with Crippen molar-refractivity contribution in [1.29, 1.82) is 0 Å². The molecule has 3 rings (SSSR count). The van der Waals surface area contributed by atoms with Crippen LogP contribution < -0.4 is 19.5 Å². The fraction of sp³-hybridized carbons (Fsp3) is 0.292. The van der Waals surface area contributed by atoms with E-state index in [4.69, 9.17) is 14.2 Å². The van der Waals surface area contributed by atoms with Crippen LogP contribution in [0.4, 0.5) is 0 Å². The summed E-state index contributed by atoms with van der Waals surface area (Å²) in [5, 5.41) is 5.28. The molecule has 0 aliphatic rings. The zero-order chi connectivity index (χ0) is 20.8. The van der Waals surface area contributed by atoms with Crippen molar-refractivity contribution in [2.24, 2.45) is 0 Å². The first-order valence-electron chi connectivity index (χ1n) is 9.73. The Morgan fingerprint density at radius 1 is 0.931 bits per heavy atom. The van der Waals surface area contributed by atoms with Crippen molar-refractivity contribution in [2.45, 2.75) is 32.4 Å². The molecule has 0 aromatic heterocycles. The lowest BCUT2D eigenvalue weighted by Crippen LogP contribution is -2.38. The van der Waals surface area contributed by atoms with Gasteiger partial charge in [0.1, 0.15) is 5.75 Å². The van der Waals surface area contributed by atoms with E-state index in [1.807, 2.05) is 67.6 Å². The first-order valence-corrected chi connectivity index (χ1v) is 9.73. The van der Waals surface area contributed by atoms with Crippen LogP contribution in [0.2, 0.25) is 0 Å². The van der Waals surface area contributed by atoms with Crippen LogP contribution in [-0.2, 0) is 4.79 Å². The molecule has 0 spiro atoms. The highest BCUT2D eigenvalue weighted by atomic mass is 16.5. The van der Waals surface area contributed by atoms with Gasteiger partial charge in [-0.1, -0.05) is 43.3 Å². The minimum absolute atomic E-state index is 0.148. The molecule has 0 bridgehead atoms. The molecule has 3 aromatic carbocycles. The van der Waals surface area contributed by atoms with Crippen LogP contribution in [0.15, 0.2) is 60.7 Å². The molecule has 3 aromatic rings. The molecule has 0 aliphatic heterocycles. The Kier molecular flexibility index (Phi) is 6.60. The second-order valence-corrected chi connectivity index (χ2v) is 6.85. The van der Waals surface area contributed by atoms with E-state index in [2.05, 4.69) is 5.32 Å². The van der Waals surface area contributed by atoms with Crippen molar-refractivity contribution < 1.29 is 19.0 Å². The molecule has 0 aliphatic carbocycles. The number of methoxy groups -OCH3 is 2. The van der Waals surface area contributed by atoms with Crippen LogP contribution >= 0.6 is 0 Å². The molecular weight excluding hydrogens is 366 g/mol. The topological polar surface area (TPSA) is 56.8 Å². The summed E-state index contributed by atoms with van der Waals surface area (Å²) in [5.41, 5.74) is 0.955. The fourth-order valence-corrected chi connectivity index (χ4v) is 3.28. The van der Waals surface area contributed by atoms with Gasteiger partial charge in [0.05, 0.1) is 20.3 Å². The summed E-state index contributed by atoms with van der Waals surface area (Å²) in [7, 11) is 3.20. The highest BCUT2D eigenvalue weighted by Crippen LogP contribution is 2.31. The van der Waals surface area contributed by atoms with Crippen LogP contribution in [0.1, 0.15) is 31.9 Å². The van der Waals surface area contributed by atoms with Crippen molar-refractivity contribution in [2.75, 3.05) is 14.2 Å². The summed E-state index contributed by atoms with van der Waals surface area (Å²) in [6.45, 7) is 3.78. The number of hydrogen-bond acceptors (Lipinski definition) is 4. The summed E-state index contributed by atoms with van der Waals surface area (Å²) < 4.78 is 16.6. The molecule has 0 heterocycles. The lowest BCUT2D eigenvalue weighted by Gasteiger charge is -2.22. The SMILES string of the molecule is CC[C@@H](NC(=O)[C@@H](C)Oc1ccc2ccccc2c1)c1ccc(OC)c(OC)c1. The van der Waals surface area contributed by atoms with Gasteiger partial charge < -0.3 is 19.5 Å². The van der Waals surface area contributed by atoms with Crippen LogP contribution in [0.25, 0.3) is 10.8 Å². The largest absolute Gasteiger partial charge is 0.493 e. The quantitative estimate of drug-likeness (QED) is 0.592. The van der Waals surface area contributed by atoms with Crippen molar-refractivity contribution in [3.05, 3.63) is 66.2 Å². The lowest BCUT2D eigenvalue weighted by molar-refractivity contribution is -0.128. The van der Waals surface area contributed by atoms with E-state index in [9.17, 15) is 4.79 Å². The van der Waals surface area contributed by atoms with Gasteiger partial charge in [0.15, 0.2) is 17.6 Å². The number of carbonyl (C=O) groups excluding carboxylic acids is 1. The van der Waals surface area contributed by atoms with E-state index in [1.54, 1.807) is 21.1 Å². The number of fused-ring (bicyclic) bond motifs is 1. The maximum absolute atomic E-state index is 12.7. The monoisotopic (exact) mass is 393 g/mol. The van der Waals surface area contributed by atoms with Gasteiger partial charge in [-0.25, -0.2) is 0 Å². The first-order chi connectivity index (χ1) is 14.0. The van der Waals surface area contributed by atoms with Gasteiger partial charge in [0.25, 0.3) is 5.91 Å². The highest BCUT2D eigenvalue weighted by molar-refractivity contribution is 5.84. The zero-order valence-electron chi connectivity index (χ0n) is 17.3. The van der Waals surface area contributed by atoms with Crippen molar-refractivity contribution >= 4 is 16.7 Å². The molecule has 0 radical (unpaired) electrons. The number of ether oxygens (including phenoxy) is 3. The molecule has 1 N–H and O–H groups in total. The third kappa shape index (κ3) is 4.80. The Bertz CT molecular complexity index is 986. The molecule has 2 atom stereocenters. The second kappa shape index (κ2) is 9.32. The number of hydrogen-bond donors (Lipinski definition) is 1. The van der Waals surface area contributed by atoms with Crippen LogP contribution in [0, 0.1) is 0 Å². The van der Waals surface area contributed by atoms with Crippen molar-refractivity contribution in [1.82, 2.24) is 5.32 Å². The average molecular weight is 393 g/mol. The van der Waals surface area contributed by atoms with E-state index in [0.29, 0.717) is 17.2 Å². The van der Waals surface area contributed by atoms with Crippen molar-refractivity contribution in [3.8, 4) is 17.2 Å². The van der Waals surface area contributed by atoms with Gasteiger partial charge in [-0.05, 0) is 53.9 Å². The second-order valence-electron chi connectivity index (χ2n) is 6.85. The zero-order valence-corrected chi connectivity index (χ0v) is 17.3. The minimum atomic E-state index is -0.620. The standard InChI is InChI=1S/C24H27NO4/c1-5-21(19-11-13-22(27-3)23(15-19)28-4)25-24(26)16(2)29-20-12-10-17-8-6-7-9-18(17)14-20/h6-16,21H,5H2,1-4H3,(H,25,26)/t16-,21-/m1/s1.